The summed E-state index contributed by atoms with van der Waals surface area (Å²) < 4.78 is 17.4. The molecule has 1 aliphatic rings. The molecule has 118 valence electrons. The van der Waals surface area contributed by atoms with Gasteiger partial charge < -0.3 is 19.5 Å². The van der Waals surface area contributed by atoms with Gasteiger partial charge in [-0.25, -0.2) is 0 Å². The topological polar surface area (TPSA) is 39.7 Å². The van der Waals surface area contributed by atoms with Gasteiger partial charge in [0, 0.05) is 19.6 Å². The zero-order valence-electron chi connectivity index (χ0n) is 13.3. The number of hydrogen-bond donors (Lipinski definition) is 1. The highest BCUT2D eigenvalue weighted by molar-refractivity contribution is 5.39. The van der Waals surface area contributed by atoms with Gasteiger partial charge >= 0.3 is 0 Å². The molecule has 1 N–H and O–H groups in total. The molecular formula is C17H27NO3. The van der Waals surface area contributed by atoms with Crippen molar-refractivity contribution in [2.75, 3.05) is 20.3 Å². The Morgan fingerprint density at radius 3 is 2.57 bits per heavy atom. The summed E-state index contributed by atoms with van der Waals surface area (Å²) in [5.41, 5.74) is 0. The zero-order chi connectivity index (χ0) is 15.1. The summed E-state index contributed by atoms with van der Waals surface area (Å²) in [6.07, 6.45) is 3.29. The van der Waals surface area contributed by atoms with Crippen molar-refractivity contribution in [2.45, 2.75) is 51.4 Å². The highest BCUT2D eigenvalue weighted by atomic mass is 16.6. The molecule has 4 heteroatoms. The first-order valence-electron chi connectivity index (χ1n) is 7.94. The largest absolute Gasteiger partial charge is 0.490 e. The molecule has 0 radical (unpaired) electrons. The van der Waals surface area contributed by atoms with Crippen molar-refractivity contribution in [3.8, 4) is 11.5 Å². The Balaban J connectivity index is 1.93. The summed E-state index contributed by atoms with van der Waals surface area (Å²) in [4.78, 5) is 0. The van der Waals surface area contributed by atoms with Gasteiger partial charge in [0.1, 0.15) is 12.2 Å². The van der Waals surface area contributed by atoms with Gasteiger partial charge in [0.2, 0.25) is 0 Å². The second kappa shape index (κ2) is 8.25. The number of para-hydroxylation sites is 2. The molecule has 1 aliphatic carbocycles. The van der Waals surface area contributed by atoms with Crippen LogP contribution in [0.15, 0.2) is 24.3 Å². The van der Waals surface area contributed by atoms with Crippen LogP contribution in [0, 0.1) is 0 Å². The molecule has 1 aromatic rings. The fourth-order valence-electron chi connectivity index (χ4n) is 2.58. The Hall–Kier alpha value is -1.26. The highest BCUT2D eigenvalue weighted by Gasteiger charge is 2.43. The first-order valence-corrected chi connectivity index (χ1v) is 7.94. The maximum Gasteiger partial charge on any atom is 0.161 e. The van der Waals surface area contributed by atoms with E-state index >= 15 is 0 Å². The van der Waals surface area contributed by atoms with Gasteiger partial charge in [-0.05, 0) is 31.5 Å². The first kappa shape index (κ1) is 16.1. The zero-order valence-corrected chi connectivity index (χ0v) is 13.3. The van der Waals surface area contributed by atoms with Crippen LogP contribution in [-0.4, -0.2) is 38.5 Å². The van der Waals surface area contributed by atoms with Crippen molar-refractivity contribution in [1.29, 1.82) is 0 Å². The fraction of sp³-hybridized carbons (Fsp3) is 0.647. The van der Waals surface area contributed by atoms with Crippen LogP contribution in [0.4, 0.5) is 0 Å². The Labute approximate surface area is 127 Å². The number of nitrogens with one attached hydrogen (secondary N) is 1. The van der Waals surface area contributed by atoms with E-state index in [1.807, 2.05) is 24.3 Å². The van der Waals surface area contributed by atoms with Gasteiger partial charge in [0.25, 0.3) is 0 Å². The van der Waals surface area contributed by atoms with Crippen LogP contribution < -0.4 is 14.8 Å². The number of ether oxygens (including phenoxy) is 3. The second-order valence-electron chi connectivity index (χ2n) is 5.45. The summed E-state index contributed by atoms with van der Waals surface area (Å²) in [7, 11) is 1.75. The minimum atomic E-state index is 0.0933. The molecule has 4 nitrogen and oxygen atoms in total. The molecule has 1 fully saturated rings. The van der Waals surface area contributed by atoms with Gasteiger partial charge in [-0.3, -0.25) is 0 Å². The molecule has 0 saturated heterocycles. The van der Waals surface area contributed by atoms with E-state index < -0.39 is 0 Å². The van der Waals surface area contributed by atoms with Crippen molar-refractivity contribution in [2.24, 2.45) is 0 Å². The lowest BCUT2D eigenvalue weighted by Crippen LogP contribution is -2.61. The molecule has 1 aromatic carbocycles. The molecule has 0 bridgehead atoms. The van der Waals surface area contributed by atoms with Crippen LogP contribution in [0.3, 0.4) is 0 Å². The van der Waals surface area contributed by atoms with E-state index in [2.05, 4.69) is 19.2 Å². The molecule has 1 saturated carbocycles. The van der Waals surface area contributed by atoms with E-state index in [-0.39, 0.29) is 12.2 Å². The molecule has 0 aromatic heterocycles. The van der Waals surface area contributed by atoms with Crippen molar-refractivity contribution in [3.05, 3.63) is 24.3 Å². The third-order valence-corrected chi connectivity index (χ3v) is 3.77. The lowest BCUT2D eigenvalue weighted by molar-refractivity contribution is -0.0893. The minimum Gasteiger partial charge on any atom is -0.490 e. The van der Waals surface area contributed by atoms with Gasteiger partial charge in [-0.1, -0.05) is 26.0 Å². The smallest absolute Gasteiger partial charge is 0.161 e. The first-order chi connectivity index (χ1) is 10.3. The second-order valence-corrected chi connectivity index (χ2v) is 5.45. The standard InChI is InChI=1S/C17H27NO3/c1-4-10-18-13-12-16(17(13)19-3)21-15-9-7-6-8-14(15)20-11-5-2/h6-9,13,16-18H,4-5,10-12H2,1-3H3. The molecule has 3 unspecified atom stereocenters. The molecule has 21 heavy (non-hydrogen) atoms. The monoisotopic (exact) mass is 293 g/mol. The van der Waals surface area contributed by atoms with Crippen molar-refractivity contribution < 1.29 is 14.2 Å². The number of rotatable bonds is 9. The van der Waals surface area contributed by atoms with Crippen LogP contribution >= 0.6 is 0 Å². The van der Waals surface area contributed by atoms with E-state index in [0.717, 1.165) is 37.3 Å². The quantitative estimate of drug-likeness (QED) is 0.760. The Morgan fingerprint density at radius 1 is 1.14 bits per heavy atom. The van der Waals surface area contributed by atoms with E-state index in [1.54, 1.807) is 7.11 Å². The third kappa shape index (κ3) is 4.11. The fourth-order valence-corrected chi connectivity index (χ4v) is 2.58. The van der Waals surface area contributed by atoms with Crippen LogP contribution in [-0.2, 0) is 4.74 Å². The summed E-state index contributed by atoms with van der Waals surface area (Å²) in [6, 6.07) is 8.26. The van der Waals surface area contributed by atoms with E-state index in [9.17, 15) is 0 Å². The van der Waals surface area contributed by atoms with Crippen molar-refractivity contribution in [3.63, 3.8) is 0 Å². The Kier molecular flexibility index (Phi) is 6.33. The lowest BCUT2D eigenvalue weighted by atomic mass is 9.85. The molecule has 0 amide bonds. The third-order valence-electron chi connectivity index (χ3n) is 3.77. The van der Waals surface area contributed by atoms with Gasteiger partial charge in [0.15, 0.2) is 11.5 Å². The van der Waals surface area contributed by atoms with Crippen molar-refractivity contribution >= 4 is 0 Å². The molecule has 0 heterocycles. The van der Waals surface area contributed by atoms with Crippen LogP contribution in [0.2, 0.25) is 0 Å². The van der Waals surface area contributed by atoms with Gasteiger partial charge in [-0.15, -0.1) is 0 Å². The molecule has 0 aliphatic heterocycles. The SMILES string of the molecule is CCCNC1CC(Oc2ccccc2OCCC)C1OC. The van der Waals surface area contributed by atoms with Gasteiger partial charge in [0.05, 0.1) is 6.61 Å². The number of hydrogen-bond acceptors (Lipinski definition) is 4. The maximum atomic E-state index is 6.10. The van der Waals surface area contributed by atoms with Crippen LogP contribution in [0.25, 0.3) is 0 Å². The van der Waals surface area contributed by atoms with Crippen LogP contribution in [0.5, 0.6) is 11.5 Å². The predicted molar refractivity (Wildman–Crippen MR) is 84.1 cm³/mol. The molecular weight excluding hydrogens is 266 g/mol. The molecule has 0 spiro atoms. The van der Waals surface area contributed by atoms with E-state index in [4.69, 9.17) is 14.2 Å². The predicted octanol–water partition coefficient (Wildman–Crippen LogP) is 3.01. The average Bonchev–Trinajstić information content (AvgIpc) is 2.49. The van der Waals surface area contributed by atoms with Crippen LogP contribution in [0.1, 0.15) is 33.1 Å². The minimum absolute atomic E-state index is 0.0933. The van der Waals surface area contributed by atoms with Gasteiger partial charge in [-0.2, -0.15) is 0 Å². The summed E-state index contributed by atoms with van der Waals surface area (Å²) in [5, 5.41) is 3.50. The number of methoxy groups -OCH3 is 1. The summed E-state index contributed by atoms with van der Waals surface area (Å²) in [5.74, 6) is 1.63. The molecule has 3 atom stereocenters. The Bertz CT molecular complexity index is 424. The lowest BCUT2D eigenvalue weighted by Gasteiger charge is -2.43. The maximum absolute atomic E-state index is 6.10. The van der Waals surface area contributed by atoms with E-state index in [1.165, 1.54) is 0 Å². The number of benzene rings is 1. The normalized spacial score (nSPS) is 24.4. The molecule has 2 rings (SSSR count). The van der Waals surface area contributed by atoms with Crippen molar-refractivity contribution in [1.82, 2.24) is 5.32 Å². The van der Waals surface area contributed by atoms with E-state index in [0.29, 0.717) is 12.6 Å². The summed E-state index contributed by atoms with van der Waals surface area (Å²) in [6.45, 7) is 6.00. The Morgan fingerprint density at radius 2 is 1.90 bits per heavy atom. The summed E-state index contributed by atoms with van der Waals surface area (Å²) >= 11 is 0. The average molecular weight is 293 g/mol. The highest BCUT2D eigenvalue weighted by Crippen LogP contribution is 2.33.